The first kappa shape index (κ1) is 36.4. The van der Waals surface area contributed by atoms with Crippen LogP contribution in [0, 0.1) is 29.8 Å². The smallest absolute Gasteiger partial charge is 0.319 e. The van der Waals surface area contributed by atoms with Crippen LogP contribution in [0.25, 0.3) is 32.9 Å². The van der Waals surface area contributed by atoms with E-state index in [1.807, 2.05) is 4.90 Å². The average Bonchev–Trinajstić information content (AvgIpc) is 3.87. The summed E-state index contributed by atoms with van der Waals surface area (Å²) in [5.41, 5.74) is -0.717. The van der Waals surface area contributed by atoms with Crippen molar-refractivity contribution >= 4 is 45.0 Å². The van der Waals surface area contributed by atoms with E-state index < -0.39 is 29.3 Å². The van der Waals surface area contributed by atoms with Crippen LogP contribution >= 0.6 is 0 Å². The van der Waals surface area contributed by atoms with Gasteiger partial charge in [0.05, 0.1) is 39.8 Å². The fourth-order valence-electron chi connectivity index (χ4n) is 9.45. The van der Waals surface area contributed by atoms with Gasteiger partial charge in [0.2, 0.25) is 5.91 Å². The molecule has 0 saturated carbocycles. The Kier molecular flexibility index (Phi) is 9.00. The number of rotatable bonds is 8. The lowest BCUT2D eigenvalue weighted by atomic mass is 9.95. The molecule has 9 rings (SSSR count). The van der Waals surface area contributed by atoms with Gasteiger partial charge >= 0.3 is 6.01 Å². The van der Waals surface area contributed by atoms with Crippen LogP contribution in [-0.4, -0.2) is 92.1 Å². The highest BCUT2D eigenvalue weighted by Gasteiger charge is 2.46. The number of carbonyl (C=O) groups excluding carboxylic acids is 2. The molecule has 2 atom stereocenters. The van der Waals surface area contributed by atoms with Crippen molar-refractivity contribution in [3.05, 3.63) is 89.9 Å². The van der Waals surface area contributed by atoms with Gasteiger partial charge in [0, 0.05) is 30.2 Å². The predicted octanol–water partition coefficient (Wildman–Crippen LogP) is 6.57. The monoisotopic (exact) mass is 773 g/mol. The Balaban J connectivity index is 1.11. The second kappa shape index (κ2) is 14.1. The number of carbonyl (C=O) groups is 2. The lowest BCUT2D eigenvalue weighted by molar-refractivity contribution is -0.111. The lowest BCUT2D eigenvalue weighted by Crippen LogP contribution is -2.56. The van der Waals surface area contributed by atoms with Crippen LogP contribution in [0.1, 0.15) is 54.4 Å². The standard InChI is InChI=1S/C43H38F3N7O4/c1-3-28-32(44)13-10-24-18-27(54)19-30(35(24)28)38-37(46)39-31(20-47-38)40(50-42(49-39)57-23-43-14-6-16-52(43)17-7-15-43)51-21-25-11-12-26(22-51)53(25)41(56)29-8-5-9-33(36(29)45)48-34(55)4-2/h1,4-5,8-10,13,18-20,25-26,54H,2,6-7,11-12,14-17,21-23H2,(H,48,55). The molecule has 57 heavy (non-hydrogen) atoms. The first-order chi connectivity index (χ1) is 27.6. The van der Waals surface area contributed by atoms with Crippen molar-refractivity contribution < 1.29 is 32.6 Å². The number of ether oxygens (including phenoxy) is 1. The van der Waals surface area contributed by atoms with Crippen molar-refractivity contribution in [1.29, 1.82) is 0 Å². The Labute approximate surface area is 326 Å². The third-order valence-electron chi connectivity index (χ3n) is 12.1. The number of phenolic OH excluding ortho intramolecular Hbond substituents is 1. The number of amides is 2. The van der Waals surface area contributed by atoms with Crippen molar-refractivity contribution in [3.63, 3.8) is 0 Å². The van der Waals surface area contributed by atoms with Gasteiger partial charge in [-0.1, -0.05) is 24.6 Å². The molecule has 2 bridgehead atoms. The van der Waals surface area contributed by atoms with E-state index in [2.05, 4.69) is 32.7 Å². The number of aromatic hydroxyl groups is 1. The molecule has 14 heteroatoms. The number of pyridine rings is 1. The molecule has 4 saturated heterocycles. The topological polar surface area (TPSA) is 124 Å². The number of benzene rings is 3. The third-order valence-corrected chi connectivity index (χ3v) is 12.1. The van der Waals surface area contributed by atoms with Gasteiger partial charge in [-0.3, -0.25) is 19.5 Å². The summed E-state index contributed by atoms with van der Waals surface area (Å²) in [6.07, 6.45) is 13.5. The van der Waals surface area contributed by atoms with Crippen molar-refractivity contribution in [3.8, 4) is 35.4 Å². The minimum atomic E-state index is -0.836. The number of halogens is 3. The maximum Gasteiger partial charge on any atom is 0.319 e. The van der Waals surface area contributed by atoms with Gasteiger partial charge in [-0.25, -0.2) is 13.2 Å². The zero-order valence-corrected chi connectivity index (χ0v) is 30.9. The molecule has 4 aliphatic rings. The van der Waals surface area contributed by atoms with Gasteiger partial charge in [-0.05, 0) is 93.4 Å². The Hall–Kier alpha value is -6.20. The number of phenols is 1. The molecule has 3 aromatic carbocycles. The van der Waals surface area contributed by atoms with Gasteiger partial charge in [-0.15, -0.1) is 6.42 Å². The number of aromatic nitrogens is 3. The zero-order valence-electron chi connectivity index (χ0n) is 30.9. The first-order valence-electron chi connectivity index (χ1n) is 19.0. The number of nitrogens with zero attached hydrogens (tertiary/aromatic N) is 6. The molecule has 2 N–H and O–H groups in total. The molecule has 2 unspecified atom stereocenters. The maximum absolute atomic E-state index is 17.1. The summed E-state index contributed by atoms with van der Waals surface area (Å²) in [6.45, 7) is 6.29. The molecule has 0 aliphatic carbocycles. The molecule has 11 nitrogen and oxygen atoms in total. The quantitative estimate of drug-likeness (QED) is 0.133. The largest absolute Gasteiger partial charge is 0.508 e. The SMILES string of the molecule is C#Cc1c(F)ccc2cc(O)cc(-c3ncc4c(N5CC6CCC(C5)N6C(=O)c5cccc(NC(=O)C=C)c5F)nc(OCC56CCCN5CCC6)nc4c3F)c12. The second-order valence-corrected chi connectivity index (χ2v) is 15.2. The summed E-state index contributed by atoms with van der Waals surface area (Å²) in [5.74, 6) is -0.901. The Morgan fingerprint density at radius 2 is 1.81 bits per heavy atom. The molecule has 2 amide bonds. The van der Waals surface area contributed by atoms with E-state index in [0.717, 1.165) is 44.8 Å². The van der Waals surface area contributed by atoms with Gasteiger partial charge in [-0.2, -0.15) is 9.97 Å². The van der Waals surface area contributed by atoms with Gasteiger partial charge < -0.3 is 25.0 Å². The van der Waals surface area contributed by atoms with Crippen molar-refractivity contribution in [2.24, 2.45) is 0 Å². The molecule has 6 heterocycles. The first-order valence-corrected chi connectivity index (χ1v) is 19.0. The molecule has 290 valence electrons. The van der Waals surface area contributed by atoms with E-state index in [4.69, 9.17) is 16.1 Å². The number of piperazine rings is 1. The summed E-state index contributed by atoms with van der Waals surface area (Å²) in [7, 11) is 0. The molecule has 0 spiro atoms. The highest BCUT2D eigenvalue weighted by atomic mass is 19.1. The van der Waals surface area contributed by atoms with Crippen LogP contribution in [0.15, 0.2) is 61.3 Å². The number of hydrogen-bond acceptors (Lipinski definition) is 9. The Bertz CT molecular complexity index is 2540. The van der Waals surface area contributed by atoms with Crippen LogP contribution in [-0.2, 0) is 4.79 Å². The van der Waals surface area contributed by atoms with Crippen molar-refractivity contribution in [2.45, 2.75) is 56.1 Å². The van der Waals surface area contributed by atoms with Crippen LogP contribution in [0.5, 0.6) is 11.8 Å². The minimum Gasteiger partial charge on any atom is -0.508 e. The number of terminal acetylenes is 1. The third kappa shape index (κ3) is 6.08. The van der Waals surface area contributed by atoms with E-state index in [-0.39, 0.29) is 73.7 Å². The number of anilines is 2. The van der Waals surface area contributed by atoms with Crippen LogP contribution in [0.3, 0.4) is 0 Å². The number of nitrogens with one attached hydrogen (secondary N) is 1. The van der Waals surface area contributed by atoms with Gasteiger partial charge in [0.25, 0.3) is 5.91 Å². The van der Waals surface area contributed by atoms with E-state index >= 15 is 8.78 Å². The summed E-state index contributed by atoms with van der Waals surface area (Å²) >= 11 is 0. The summed E-state index contributed by atoms with van der Waals surface area (Å²) in [4.78, 5) is 46.0. The van der Waals surface area contributed by atoms with E-state index in [0.29, 0.717) is 43.7 Å². The van der Waals surface area contributed by atoms with Crippen molar-refractivity contribution in [2.75, 3.05) is 43.0 Å². The summed E-state index contributed by atoms with van der Waals surface area (Å²) in [6, 6.07) is 8.96. The molecule has 0 radical (unpaired) electrons. The minimum absolute atomic E-state index is 0.0240. The van der Waals surface area contributed by atoms with Gasteiger partial charge in [0.1, 0.15) is 35.2 Å². The summed E-state index contributed by atoms with van der Waals surface area (Å²) in [5, 5.41) is 14.0. The lowest BCUT2D eigenvalue weighted by Gasteiger charge is -2.42. The van der Waals surface area contributed by atoms with Crippen molar-refractivity contribution in [1.82, 2.24) is 24.8 Å². The number of fused-ring (bicyclic) bond motifs is 5. The molecule has 4 fully saturated rings. The molecular formula is C43H38F3N7O4. The average molecular weight is 774 g/mol. The zero-order chi connectivity index (χ0) is 39.6. The predicted molar refractivity (Wildman–Crippen MR) is 208 cm³/mol. The molecule has 2 aromatic heterocycles. The van der Waals surface area contributed by atoms with Gasteiger partial charge in [0.15, 0.2) is 11.6 Å². The fourth-order valence-corrected chi connectivity index (χ4v) is 9.45. The normalized spacial score (nSPS) is 19.8. The van der Waals surface area contributed by atoms with Crippen LogP contribution < -0.4 is 15.0 Å². The number of hydrogen-bond donors (Lipinski definition) is 2. The molecule has 5 aromatic rings. The van der Waals surface area contributed by atoms with E-state index in [1.165, 1.54) is 48.7 Å². The van der Waals surface area contributed by atoms with E-state index in [1.54, 1.807) is 4.90 Å². The highest BCUT2D eigenvalue weighted by Crippen LogP contribution is 2.42. The van der Waals surface area contributed by atoms with Crippen LogP contribution in [0.2, 0.25) is 0 Å². The molecule has 4 aliphatic heterocycles. The summed E-state index contributed by atoms with van der Waals surface area (Å²) < 4.78 is 54.1. The Morgan fingerprint density at radius 3 is 2.53 bits per heavy atom. The second-order valence-electron chi connectivity index (χ2n) is 15.2. The Morgan fingerprint density at radius 1 is 1.05 bits per heavy atom. The van der Waals surface area contributed by atoms with E-state index in [9.17, 15) is 19.1 Å². The van der Waals surface area contributed by atoms with Crippen LogP contribution in [0.4, 0.5) is 24.7 Å². The maximum atomic E-state index is 17.1. The highest BCUT2D eigenvalue weighted by molar-refractivity contribution is 6.03. The molecular weight excluding hydrogens is 736 g/mol. The fraction of sp³-hybridized carbons (Fsp3) is 0.326.